The highest BCUT2D eigenvalue weighted by molar-refractivity contribution is 5.95. The zero-order valence-corrected chi connectivity index (χ0v) is 13.8. The van der Waals surface area contributed by atoms with Crippen LogP contribution in [0.3, 0.4) is 0 Å². The van der Waals surface area contributed by atoms with Crippen LogP contribution >= 0.6 is 0 Å². The monoisotopic (exact) mass is 327 g/mol. The van der Waals surface area contributed by atoms with Crippen LogP contribution in [0.2, 0.25) is 0 Å². The van der Waals surface area contributed by atoms with Gasteiger partial charge in [-0.2, -0.15) is 0 Å². The summed E-state index contributed by atoms with van der Waals surface area (Å²) < 4.78 is 21.4. The van der Waals surface area contributed by atoms with E-state index in [0.29, 0.717) is 11.1 Å². The van der Waals surface area contributed by atoms with E-state index in [2.05, 4.69) is 10.1 Å². The molecule has 0 aliphatic rings. The van der Waals surface area contributed by atoms with Gasteiger partial charge in [0.2, 0.25) is 0 Å². The Morgan fingerprint density at radius 3 is 2.79 bits per heavy atom. The quantitative estimate of drug-likeness (QED) is 0.683. The van der Waals surface area contributed by atoms with E-state index in [1.165, 1.54) is 4.52 Å². The molecule has 5 nitrogen and oxygen atoms in total. The molecule has 0 atom stereocenters. The van der Waals surface area contributed by atoms with Crippen molar-refractivity contribution in [3.05, 3.63) is 53.6 Å². The van der Waals surface area contributed by atoms with Crippen molar-refractivity contribution < 1.29 is 13.9 Å². The van der Waals surface area contributed by atoms with E-state index in [9.17, 15) is 9.18 Å². The number of aromatic nitrogens is 3. The van der Waals surface area contributed by atoms with Gasteiger partial charge in [-0.3, -0.25) is 0 Å². The number of fused-ring (bicyclic) bond motifs is 1. The molecule has 0 aliphatic heterocycles. The highest BCUT2D eigenvalue weighted by Gasteiger charge is 2.20. The number of hydrogen-bond acceptors (Lipinski definition) is 4. The van der Waals surface area contributed by atoms with Gasteiger partial charge < -0.3 is 4.74 Å². The standard InChI is InChI=1S/C18H18FN3O2/c1-4-24-18(23)16-14-9-6-10-22(14)21-17(20-16)13-8-5-7-12(11(2)3)15(13)19/h5-11H,4H2,1-3H3. The van der Waals surface area contributed by atoms with Crippen LogP contribution in [-0.4, -0.2) is 27.2 Å². The number of hydrogen-bond donors (Lipinski definition) is 0. The second-order valence-corrected chi connectivity index (χ2v) is 5.71. The van der Waals surface area contributed by atoms with Crippen LogP contribution in [0.5, 0.6) is 0 Å². The molecule has 1 aromatic carbocycles. The van der Waals surface area contributed by atoms with E-state index in [-0.39, 0.29) is 35.4 Å². The van der Waals surface area contributed by atoms with Crippen molar-refractivity contribution >= 4 is 11.5 Å². The fourth-order valence-corrected chi connectivity index (χ4v) is 2.57. The molecule has 0 aliphatic carbocycles. The molecule has 0 N–H and O–H groups in total. The molecule has 0 saturated heterocycles. The summed E-state index contributed by atoms with van der Waals surface area (Å²) in [4.78, 5) is 16.5. The summed E-state index contributed by atoms with van der Waals surface area (Å²) in [6, 6.07) is 8.58. The van der Waals surface area contributed by atoms with Crippen LogP contribution in [-0.2, 0) is 4.74 Å². The second kappa shape index (κ2) is 6.39. The van der Waals surface area contributed by atoms with Crippen molar-refractivity contribution in [2.75, 3.05) is 6.61 Å². The molecule has 3 aromatic rings. The van der Waals surface area contributed by atoms with Gasteiger partial charge in [-0.25, -0.2) is 18.7 Å². The van der Waals surface area contributed by atoms with Gasteiger partial charge >= 0.3 is 5.97 Å². The normalized spacial score (nSPS) is 11.2. The van der Waals surface area contributed by atoms with Crippen LogP contribution in [0.15, 0.2) is 36.5 Å². The van der Waals surface area contributed by atoms with Crippen LogP contribution in [0.25, 0.3) is 16.9 Å². The number of esters is 1. The first kappa shape index (κ1) is 16.1. The average Bonchev–Trinajstić information content (AvgIpc) is 3.02. The molecular formula is C18H18FN3O2. The largest absolute Gasteiger partial charge is 0.461 e. The molecule has 0 fully saturated rings. The summed E-state index contributed by atoms with van der Waals surface area (Å²) >= 11 is 0. The highest BCUT2D eigenvalue weighted by Crippen LogP contribution is 2.27. The lowest BCUT2D eigenvalue weighted by atomic mass is 9.99. The molecule has 0 unspecified atom stereocenters. The Balaban J connectivity index is 2.21. The third kappa shape index (κ3) is 2.75. The van der Waals surface area contributed by atoms with Crippen molar-refractivity contribution in [3.8, 4) is 11.4 Å². The zero-order chi connectivity index (χ0) is 17.3. The van der Waals surface area contributed by atoms with Crippen molar-refractivity contribution in [1.82, 2.24) is 14.6 Å². The third-order valence-electron chi connectivity index (χ3n) is 3.75. The fourth-order valence-electron chi connectivity index (χ4n) is 2.57. The molecule has 0 radical (unpaired) electrons. The Kier molecular flexibility index (Phi) is 4.29. The predicted molar refractivity (Wildman–Crippen MR) is 88.4 cm³/mol. The number of ether oxygens (including phenoxy) is 1. The Bertz CT molecular complexity index is 902. The molecule has 2 aromatic heterocycles. The van der Waals surface area contributed by atoms with E-state index < -0.39 is 5.97 Å². The smallest absolute Gasteiger partial charge is 0.359 e. The number of nitrogens with zero attached hydrogens (tertiary/aromatic N) is 3. The summed E-state index contributed by atoms with van der Waals surface area (Å²) in [5.74, 6) is -0.731. The minimum absolute atomic E-state index is 0.0322. The molecule has 0 bridgehead atoms. The van der Waals surface area contributed by atoms with Crippen molar-refractivity contribution in [1.29, 1.82) is 0 Å². The lowest BCUT2D eigenvalue weighted by Gasteiger charge is -2.11. The molecule has 24 heavy (non-hydrogen) atoms. The van der Waals surface area contributed by atoms with Gasteiger partial charge in [0.15, 0.2) is 11.5 Å². The summed E-state index contributed by atoms with van der Waals surface area (Å²) in [5, 5.41) is 4.33. The van der Waals surface area contributed by atoms with Crippen LogP contribution < -0.4 is 0 Å². The van der Waals surface area contributed by atoms with Gasteiger partial charge in [0.25, 0.3) is 0 Å². The Morgan fingerprint density at radius 1 is 1.29 bits per heavy atom. The van der Waals surface area contributed by atoms with Gasteiger partial charge in [0.1, 0.15) is 5.82 Å². The fraction of sp³-hybridized carbons (Fsp3) is 0.278. The van der Waals surface area contributed by atoms with Crippen LogP contribution in [0.1, 0.15) is 42.7 Å². The highest BCUT2D eigenvalue weighted by atomic mass is 19.1. The molecule has 0 saturated carbocycles. The van der Waals surface area contributed by atoms with Crippen molar-refractivity contribution in [2.24, 2.45) is 0 Å². The summed E-state index contributed by atoms with van der Waals surface area (Å²) in [6.07, 6.45) is 1.69. The van der Waals surface area contributed by atoms with Gasteiger partial charge in [0.05, 0.1) is 17.7 Å². The van der Waals surface area contributed by atoms with Crippen molar-refractivity contribution in [3.63, 3.8) is 0 Å². The van der Waals surface area contributed by atoms with Gasteiger partial charge in [-0.05, 0) is 36.6 Å². The Labute approximate surface area is 139 Å². The second-order valence-electron chi connectivity index (χ2n) is 5.71. The first-order valence-electron chi connectivity index (χ1n) is 7.84. The maximum absolute atomic E-state index is 14.8. The van der Waals surface area contributed by atoms with Crippen molar-refractivity contribution in [2.45, 2.75) is 26.7 Å². The maximum atomic E-state index is 14.8. The van der Waals surface area contributed by atoms with Gasteiger partial charge in [-0.1, -0.05) is 26.0 Å². The lowest BCUT2D eigenvalue weighted by molar-refractivity contribution is 0.0521. The molecule has 0 amide bonds. The lowest BCUT2D eigenvalue weighted by Crippen LogP contribution is -2.12. The summed E-state index contributed by atoms with van der Waals surface area (Å²) in [7, 11) is 0. The minimum Gasteiger partial charge on any atom is -0.461 e. The Hall–Kier alpha value is -2.76. The molecular weight excluding hydrogens is 309 g/mol. The summed E-state index contributed by atoms with van der Waals surface area (Å²) in [6.45, 7) is 5.80. The van der Waals surface area contributed by atoms with Gasteiger partial charge in [0, 0.05) is 6.20 Å². The maximum Gasteiger partial charge on any atom is 0.359 e. The molecule has 6 heteroatoms. The van der Waals surface area contributed by atoms with E-state index in [1.54, 1.807) is 43.5 Å². The number of halogens is 1. The molecule has 124 valence electrons. The third-order valence-corrected chi connectivity index (χ3v) is 3.75. The molecule has 0 spiro atoms. The van der Waals surface area contributed by atoms with Gasteiger partial charge in [-0.15, -0.1) is 5.10 Å². The predicted octanol–water partition coefficient (Wildman–Crippen LogP) is 3.84. The number of benzene rings is 1. The van der Waals surface area contributed by atoms with Crippen LogP contribution in [0.4, 0.5) is 4.39 Å². The molecule has 2 heterocycles. The number of carbonyl (C=O) groups excluding carboxylic acids is 1. The topological polar surface area (TPSA) is 56.5 Å². The molecule has 3 rings (SSSR count). The number of rotatable bonds is 4. The summed E-state index contributed by atoms with van der Waals surface area (Å²) in [5.41, 5.74) is 1.50. The van der Waals surface area contributed by atoms with E-state index >= 15 is 0 Å². The Morgan fingerprint density at radius 2 is 2.08 bits per heavy atom. The zero-order valence-electron chi connectivity index (χ0n) is 13.8. The van der Waals surface area contributed by atoms with E-state index in [1.807, 2.05) is 13.8 Å². The first-order valence-corrected chi connectivity index (χ1v) is 7.84. The minimum atomic E-state index is -0.551. The van der Waals surface area contributed by atoms with Crippen LogP contribution in [0, 0.1) is 5.82 Å². The van der Waals surface area contributed by atoms with E-state index in [0.717, 1.165) is 0 Å². The van der Waals surface area contributed by atoms with E-state index in [4.69, 9.17) is 4.74 Å². The number of carbonyl (C=O) groups is 1. The SMILES string of the molecule is CCOC(=O)c1nc(-c2cccc(C(C)C)c2F)nn2cccc12. The average molecular weight is 327 g/mol. The first-order chi connectivity index (χ1) is 11.5.